The molecule has 1 saturated heterocycles. The first kappa shape index (κ1) is 9.71. The quantitative estimate of drug-likeness (QED) is 0.747. The van der Waals surface area contributed by atoms with Crippen LogP contribution in [0, 0.1) is 5.92 Å². The lowest BCUT2D eigenvalue weighted by atomic mass is 10.2. The number of hydrogen-bond donors (Lipinski definition) is 0. The number of rotatable bonds is 2. The van der Waals surface area contributed by atoms with Gasteiger partial charge in [0.2, 0.25) is 5.91 Å². The van der Waals surface area contributed by atoms with E-state index in [9.17, 15) is 4.79 Å². The lowest BCUT2D eigenvalue weighted by Gasteiger charge is -2.12. The summed E-state index contributed by atoms with van der Waals surface area (Å²) in [6.45, 7) is 0.801. The lowest BCUT2D eigenvalue weighted by molar-refractivity contribution is -0.117. The molecule has 0 aromatic carbocycles. The van der Waals surface area contributed by atoms with Crippen LogP contribution in [0.5, 0.6) is 0 Å². The molecule has 0 spiro atoms. The van der Waals surface area contributed by atoms with Crippen LogP contribution in [0.2, 0.25) is 0 Å². The Balaban J connectivity index is 2.16. The van der Waals surface area contributed by atoms with Gasteiger partial charge in [-0.15, -0.1) is 0 Å². The molecule has 2 rings (SSSR count). The summed E-state index contributed by atoms with van der Waals surface area (Å²) < 4.78 is 1.71. The van der Waals surface area contributed by atoms with Gasteiger partial charge in [0, 0.05) is 31.5 Å². The Labute approximate surface area is 91.0 Å². The molecular formula is C9H12BrN3O. The standard InChI is InChI=1S/C9H12BrN3O/c1-12-6-8(4-11-12)13-5-7(3-10)2-9(13)14/h4,6-7H,2-3,5H2,1H3. The van der Waals surface area contributed by atoms with Gasteiger partial charge in [-0.2, -0.15) is 5.10 Å². The average molecular weight is 258 g/mol. The maximum Gasteiger partial charge on any atom is 0.227 e. The minimum Gasteiger partial charge on any atom is -0.309 e. The second kappa shape index (κ2) is 3.73. The maximum absolute atomic E-state index is 11.6. The summed E-state index contributed by atoms with van der Waals surface area (Å²) >= 11 is 3.41. The molecule has 14 heavy (non-hydrogen) atoms. The van der Waals surface area contributed by atoms with Crippen LogP contribution in [-0.2, 0) is 11.8 Å². The first-order chi connectivity index (χ1) is 6.70. The van der Waals surface area contributed by atoms with Gasteiger partial charge in [0.15, 0.2) is 0 Å². The highest BCUT2D eigenvalue weighted by Gasteiger charge is 2.30. The topological polar surface area (TPSA) is 38.1 Å². The Kier molecular flexibility index (Phi) is 2.58. The van der Waals surface area contributed by atoms with Crippen molar-refractivity contribution in [3.8, 4) is 0 Å². The van der Waals surface area contributed by atoms with E-state index in [1.807, 2.05) is 13.2 Å². The van der Waals surface area contributed by atoms with Crippen molar-refractivity contribution in [1.29, 1.82) is 0 Å². The van der Waals surface area contributed by atoms with Crippen LogP contribution in [0.1, 0.15) is 6.42 Å². The van der Waals surface area contributed by atoms with Crippen molar-refractivity contribution >= 4 is 27.5 Å². The molecule has 1 amide bonds. The van der Waals surface area contributed by atoms with Crippen molar-refractivity contribution in [3.05, 3.63) is 12.4 Å². The fraction of sp³-hybridized carbons (Fsp3) is 0.556. The molecule has 0 N–H and O–H groups in total. The average Bonchev–Trinajstić information content (AvgIpc) is 2.71. The van der Waals surface area contributed by atoms with Gasteiger partial charge in [-0.25, -0.2) is 0 Å². The van der Waals surface area contributed by atoms with Crippen molar-refractivity contribution in [1.82, 2.24) is 9.78 Å². The fourth-order valence-corrected chi connectivity index (χ4v) is 2.12. The molecule has 1 aromatic rings. The molecule has 1 aliphatic rings. The SMILES string of the molecule is Cn1cc(N2CC(CBr)CC2=O)cn1. The van der Waals surface area contributed by atoms with Gasteiger partial charge < -0.3 is 4.90 Å². The molecule has 5 heteroatoms. The Morgan fingerprint density at radius 1 is 1.71 bits per heavy atom. The third kappa shape index (κ3) is 1.68. The van der Waals surface area contributed by atoms with E-state index in [0.29, 0.717) is 12.3 Å². The van der Waals surface area contributed by atoms with Crippen molar-refractivity contribution in [3.63, 3.8) is 0 Å². The van der Waals surface area contributed by atoms with Crippen LogP contribution in [0.4, 0.5) is 5.69 Å². The Hall–Kier alpha value is -0.840. The number of aromatic nitrogens is 2. The zero-order valence-corrected chi connectivity index (χ0v) is 9.57. The van der Waals surface area contributed by atoms with E-state index in [2.05, 4.69) is 21.0 Å². The Bertz CT molecular complexity index is 350. The molecule has 1 fully saturated rings. The number of anilines is 1. The van der Waals surface area contributed by atoms with E-state index >= 15 is 0 Å². The second-order valence-electron chi connectivity index (χ2n) is 3.60. The predicted octanol–water partition coefficient (Wildman–Crippen LogP) is 1.17. The van der Waals surface area contributed by atoms with Crippen LogP contribution in [0.15, 0.2) is 12.4 Å². The summed E-state index contributed by atoms with van der Waals surface area (Å²) in [7, 11) is 1.85. The van der Waals surface area contributed by atoms with Crippen LogP contribution in [-0.4, -0.2) is 27.6 Å². The zero-order chi connectivity index (χ0) is 10.1. The summed E-state index contributed by atoms with van der Waals surface area (Å²) in [6.07, 6.45) is 4.24. The number of carbonyl (C=O) groups excluding carboxylic acids is 1. The van der Waals surface area contributed by atoms with Crippen molar-refractivity contribution in [2.24, 2.45) is 13.0 Å². The summed E-state index contributed by atoms with van der Waals surface area (Å²) in [5, 5.41) is 4.94. The highest BCUT2D eigenvalue weighted by atomic mass is 79.9. The molecule has 0 aliphatic carbocycles. The van der Waals surface area contributed by atoms with Crippen LogP contribution in [0.25, 0.3) is 0 Å². The van der Waals surface area contributed by atoms with Gasteiger partial charge in [0.05, 0.1) is 11.9 Å². The van der Waals surface area contributed by atoms with Crippen molar-refractivity contribution in [2.45, 2.75) is 6.42 Å². The fourth-order valence-electron chi connectivity index (χ4n) is 1.68. The number of alkyl halides is 1. The molecule has 2 heterocycles. The summed E-state index contributed by atoms with van der Waals surface area (Å²) in [5.74, 6) is 0.630. The van der Waals surface area contributed by atoms with Crippen molar-refractivity contribution < 1.29 is 4.79 Å². The van der Waals surface area contributed by atoms with E-state index in [1.54, 1.807) is 15.8 Å². The first-order valence-corrected chi connectivity index (χ1v) is 5.68. The smallest absolute Gasteiger partial charge is 0.227 e. The van der Waals surface area contributed by atoms with Crippen LogP contribution in [0.3, 0.4) is 0 Å². The lowest BCUT2D eigenvalue weighted by Crippen LogP contribution is -2.24. The Morgan fingerprint density at radius 3 is 3.00 bits per heavy atom. The summed E-state index contributed by atoms with van der Waals surface area (Å²) in [6, 6.07) is 0. The van der Waals surface area contributed by atoms with Gasteiger partial charge in [0.25, 0.3) is 0 Å². The Morgan fingerprint density at radius 2 is 2.50 bits per heavy atom. The molecule has 1 unspecified atom stereocenters. The zero-order valence-electron chi connectivity index (χ0n) is 7.98. The van der Waals surface area contributed by atoms with Gasteiger partial charge in [-0.05, 0) is 5.92 Å². The molecule has 0 bridgehead atoms. The number of halogens is 1. The minimum absolute atomic E-state index is 0.197. The summed E-state index contributed by atoms with van der Waals surface area (Å²) in [4.78, 5) is 13.4. The van der Waals surface area contributed by atoms with Gasteiger partial charge >= 0.3 is 0 Å². The van der Waals surface area contributed by atoms with Crippen molar-refractivity contribution in [2.75, 3.05) is 16.8 Å². The van der Waals surface area contributed by atoms with E-state index < -0.39 is 0 Å². The first-order valence-electron chi connectivity index (χ1n) is 4.55. The molecule has 1 atom stereocenters. The molecule has 76 valence electrons. The largest absolute Gasteiger partial charge is 0.309 e. The van der Waals surface area contributed by atoms with E-state index in [1.165, 1.54) is 0 Å². The van der Waals surface area contributed by atoms with E-state index in [0.717, 1.165) is 17.6 Å². The molecule has 0 radical (unpaired) electrons. The molecule has 1 aliphatic heterocycles. The number of carbonyl (C=O) groups is 1. The normalized spacial score (nSPS) is 22.0. The predicted molar refractivity (Wildman–Crippen MR) is 57.5 cm³/mol. The molecular weight excluding hydrogens is 246 g/mol. The third-order valence-corrected chi connectivity index (χ3v) is 3.34. The number of nitrogens with zero attached hydrogens (tertiary/aromatic N) is 3. The minimum atomic E-state index is 0.197. The van der Waals surface area contributed by atoms with Gasteiger partial charge in [-0.1, -0.05) is 15.9 Å². The maximum atomic E-state index is 11.6. The number of aryl methyl sites for hydroxylation is 1. The summed E-state index contributed by atoms with van der Waals surface area (Å²) in [5.41, 5.74) is 0.904. The number of amides is 1. The highest BCUT2D eigenvalue weighted by molar-refractivity contribution is 9.09. The second-order valence-corrected chi connectivity index (χ2v) is 4.25. The van der Waals surface area contributed by atoms with Crippen LogP contribution >= 0.6 is 15.9 Å². The number of hydrogen-bond acceptors (Lipinski definition) is 2. The van der Waals surface area contributed by atoms with Crippen LogP contribution < -0.4 is 4.90 Å². The van der Waals surface area contributed by atoms with E-state index in [4.69, 9.17) is 0 Å². The highest BCUT2D eigenvalue weighted by Crippen LogP contribution is 2.25. The van der Waals surface area contributed by atoms with E-state index in [-0.39, 0.29) is 5.91 Å². The third-order valence-electron chi connectivity index (χ3n) is 2.43. The molecule has 0 saturated carbocycles. The van der Waals surface area contributed by atoms with Gasteiger partial charge in [-0.3, -0.25) is 9.48 Å². The molecule has 1 aromatic heterocycles. The monoisotopic (exact) mass is 257 g/mol. The molecule has 4 nitrogen and oxygen atoms in total. The van der Waals surface area contributed by atoms with Gasteiger partial charge in [0.1, 0.15) is 0 Å².